The monoisotopic (exact) mass is 594 g/mol. The summed E-state index contributed by atoms with van der Waals surface area (Å²) in [4.78, 5) is 48.4. The van der Waals surface area contributed by atoms with Crippen molar-refractivity contribution in [3.63, 3.8) is 0 Å². The lowest BCUT2D eigenvalue weighted by Crippen LogP contribution is -2.67. The molecule has 1 aromatic rings. The molecule has 2 aliphatic rings. The molecule has 0 bridgehead atoms. The van der Waals surface area contributed by atoms with Crippen LogP contribution in [0.4, 0.5) is 0 Å². The van der Waals surface area contributed by atoms with Crippen LogP contribution in [0.5, 0.6) is 0 Å². The second-order valence-corrected chi connectivity index (χ2v) is 11.6. The van der Waals surface area contributed by atoms with Crippen molar-refractivity contribution >= 4 is 41.6 Å². The maximum atomic E-state index is 12.4. The third-order valence-corrected chi connectivity index (χ3v) is 7.69. The van der Waals surface area contributed by atoms with Crippen LogP contribution in [0.2, 0.25) is 5.02 Å². The number of carbonyl (C=O) groups is 4. The first-order valence-corrected chi connectivity index (χ1v) is 13.9. The molecule has 1 aromatic carbocycles. The van der Waals surface area contributed by atoms with Gasteiger partial charge in [0.05, 0.1) is 0 Å². The van der Waals surface area contributed by atoms with E-state index in [1.807, 2.05) is 6.08 Å². The predicted molar refractivity (Wildman–Crippen MR) is 149 cm³/mol. The number of halogens is 1. The second-order valence-electron chi connectivity index (χ2n) is 11.2. The Morgan fingerprint density at radius 1 is 0.927 bits per heavy atom. The molecule has 0 radical (unpaired) electrons. The fraction of sp³-hybridized carbons (Fsp3) is 0.600. The summed E-state index contributed by atoms with van der Waals surface area (Å²) in [5, 5.41) is 0.489. The smallest absolute Gasteiger partial charge is 0.303 e. The van der Waals surface area contributed by atoms with Gasteiger partial charge in [0, 0.05) is 45.4 Å². The van der Waals surface area contributed by atoms with Crippen molar-refractivity contribution in [1.29, 1.82) is 0 Å². The number of methoxy groups -OCH3 is 1. The molecule has 0 spiro atoms. The van der Waals surface area contributed by atoms with Crippen molar-refractivity contribution in [2.45, 2.75) is 97.4 Å². The first-order chi connectivity index (χ1) is 19.2. The molecule has 10 nitrogen and oxygen atoms in total. The number of allylic oxidation sites excluding steroid dienone is 1. The average molecular weight is 595 g/mol. The Balaban J connectivity index is 2.17. The van der Waals surface area contributed by atoms with E-state index in [-0.39, 0.29) is 12.0 Å². The van der Waals surface area contributed by atoms with Gasteiger partial charge in [0.15, 0.2) is 12.2 Å². The lowest BCUT2D eigenvalue weighted by molar-refractivity contribution is -0.367. The molecular weight excluding hydrogens is 556 g/mol. The van der Waals surface area contributed by atoms with Gasteiger partial charge in [-0.05, 0) is 48.8 Å². The van der Waals surface area contributed by atoms with Crippen LogP contribution in [0.3, 0.4) is 0 Å². The maximum absolute atomic E-state index is 12.4. The summed E-state index contributed by atoms with van der Waals surface area (Å²) in [6, 6.07) is 5.08. The Morgan fingerprint density at radius 3 is 2.05 bits per heavy atom. The Bertz CT molecular complexity index is 1180. The largest absolute Gasteiger partial charge is 0.463 e. The fourth-order valence-corrected chi connectivity index (χ4v) is 5.44. The Labute approximate surface area is 245 Å². The van der Waals surface area contributed by atoms with E-state index in [4.69, 9.17) is 40.0 Å². The molecule has 226 valence electrons. The maximum Gasteiger partial charge on any atom is 0.303 e. The Hall–Kier alpha value is -2.95. The lowest BCUT2D eigenvalue weighted by Gasteiger charge is -2.50. The van der Waals surface area contributed by atoms with Gasteiger partial charge in [-0.1, -0.05) is 43.2 Å². The number of carbonyl (C=O) groups excluding carboxylic acids is 4. The molecule has 1 aliphatic carbocycles. The lowest BCUT2D eigenvalue weighted by atomic mass is 9.75. The van der Waals surface area contributed by atoms with E-state index < -0.39 is 54.1 Å². The van der Waals surface area contributed by atoms with Gasteiger partial charge < -0.3 is 28.4 Å². The van der Waals surface area contributed by atoms with E-state index in [9.17, 15) is 19.2 Å². The molecule has 3 rings (SSSR count). The Kier molecular flexibility index (Phi) is 10.6. The molecule has 0 unspecified atom stereocenters. The molecule has 1 saturated carbocycles. The number of hydrogen-bond acceptors (Lipinski definition) is 10. The molecular formula is C30H39ClO10. The highest BCUT2D eigenvalue weighted by Crippen LogP contribution is 2.45. The first kappa shape index (κ1) is 32.6. The topological polar surface area (TPSA) is 124 Å². The molecule has 0 aromatic heterocycles. The number of benzene rings is 1. The van der Waals surface area contributed by atoms with Crippen LogP contribution in [0, 0.1) is 5.41 Å². The molecule has 0 N–H and O–H groups in total. The summed E-state index contributed by atoms with van der Waals surface area (Å²) < 4.78 is 34.3. The normalized spacial score (nSPS) is 27.4. The van der Waals surface area contributed by atoms with Gasteiger partial charge in [0.1, 0.15) is 12.7 Å². The van der Waals surface area contributed by atoms with Crippen LogP contribution < -0.4 is 0 Å². The minimum Gasteiger partial charge on any atom is -0.463 e. The van der Waals surface area contributed by atoms with E-state index in [1.54, 1.807) is 18.2 Å². The fourth-order valence-electron chi connectivity index (χ4n) is 5.26. The zero-order valence-electron chi connectivity index (χ0n) is 24.6. The van der Waals surface area contributed by atoms with Gasteiger partial charge in [-0.15, -0.1) is 0 Å². The number of hydrogen-bond donors (Lipinski definition) is 0. The molecule has 5 atom stereocenters. The van der Waals surface area contributed by atoms with Crippen molar-refractivity contribution in [3.05, 3.63) is 39.9 Å². The second kappa shape index (κ2) is 13.4. The number of rotatable bonds is 8. The predicted octanol–water partition coefficient (Wildman–Crippen LogP) is 4.88. The zero-order valence-corrected chi connectivity index (χ0v) is 25.4. The van der Waals surface area contributed by atoms with Gasteiger partial charge in [-0.3, -0.25) is 19.2 Å². The van der Waals surface area contributed by atoms with Gasteiger partial charge in [-0.25, -0.2) is 0 Å². The molecule has 1 heterocycles. The standard InChI is InChI=1S/C30H39ClO10/c1-17(32)37-16-25-26(38-18(2)33)27(39-19(3)34)28(40-20(4)35)30(36-7,41-25)23-8-9-24(31)22(15-23)14-21-10-12-29(5,6)13-11-21/h8-9,14-15,25-28H,10-13,16H2,1-7H3/t25-,26-,27+,28-,30+/m1/s1. The molecule has 11 heteroatoms. The van der Waals surface area contributed by atoms with Gasteiger partial charge in [0.25, 0.3) is 0 Å². The summed E-state index contributed by atoms with van der Waals surface area (Å²) in [7, 11) is 1.34. The van der Waals surface area contributed by atoms with Gasteiger partial charge in [-0.2, -0.15) is 0 Å². The van der Waals surface area contributed by atoms with Crippen molar-refractivity contribution < 1.29 is 47.6 Å². The quantitative estimate of drug-likeness (QED) is 0.304. The minimum atomic E-state index is -1.88. The zero-order chi connectivity index (χ0) is 30.5. The van der Waals surface area contributed by atoms with Crippen LogP contribution in [0.1, 0.15) is 78.4 Å². The van der Waals surface area contributed by atoms with Crippen LogP contribution in [0.15, 0.2) is 23.8 Å². The van der Waals surface area contributed by atoms with Gasteiger partial charge >= 0.3 is 23.9 Å². The van der Waals surface area contributed by atoms with Crippen molar-refractivity contribution in [2.24, 2.45) is 5.41 Å². The van der Waals surface area contributed by atoms with E-state index in [0.717, 1.165) is 32.6 Å². The van der Waals surface area contributed by atoms with Crippen LogP contribution in [-0.4, -0.2) is 62.0 Å². The summed E-state index contributed by atoms with van der Waals surface area (Å²) in [5.74, 6) is -4.66. The Morgan fingerprint density at radius 2 is 1.51 bits per heavy atom. The third kappa shape index (κ3) is 8.08. The van der Waals surface area contributed by atoms with E-state index in [0.29, 0.717) is 16.1 Å². The summed E-state index contributed by atoms with van der Waals surface area (Å²) in [6.07, 6.45) is 0.716. The highest BCUT2D eigenvalue weighted by atomic mass is 35.5. The van der Waals surface area contributed by atoms with Crippen LogP contribution in [0.25, 0.3) is 6.08 Å². The third-order valence-electron chi connectivity index (χ3n) is 7.34. The van der Waals surface area contributed by atoms with E-state index in [1.165, 1.54) is 33.5 Å². The van der Waals surface area contributed by atoms with E-state index >= 15 is 0 Å². The van der Waals surface area contributed by atoms with Crippen molar-refractivity contribution in [2.75, 3.05) is 13.7 Å². The molecule has 0 amide bonds. The SMILES string of the molecule is CO[C@@]1(c2ccc(Cl)c(C=C3CCC(C)(C)CC3)c2)O[C@H](COC(C)=O)[C@@H](OC(C)=O)[C@H](OC(C)=O)[C@H]1OC(C)=O. The first-order valence-electron chi connectivity index (χ1n) is 13.5. The minimum absolute atomic E-state index is 0.275. The molecule has 41 heavy (non-hydrogen) atoms. The summed E-state index contributed by atoms with van der Waals surface area (Å²) in [6.45, 7) is 8.86. The summed E-state index contributed by atoms with van der Waals surface area (Å²) in [5.41, 5.74) is 2.61. The van der Waals surface area contributed by atoms with Gasteiger partial charge in [0.2, 0.25) is 11.9 Å². The van der Waals surface area contributed by atoms with Crippen molar-refractivity contribution in [1.82, 2.24) is 0 Å². The van der Waals surface area contributed by atoms with Crippen LogP contribution in [-0.2, 0) is 53.4 Å². The van der Waals surface area contributed by atoms with E-state index in [2.05, 4.69) is 13.8 Å². The number of ether oxygens (including phenoxy) is 6. The number of esters is 4. The molecule has 1 aliphatic heterocycles. The van der Waals surface area contributed by atoms with Crippen molar-refractivity contribution in [3.8, 4) is 0 Å². The highest BCUT2D eigenvalue weighted by molar-refractivity contribution is 6.32. The molecule has 2 fully saturated rings. The highest BCUT2D eigenvalue weighted by Gasteiger charge is 2.61. The summed E-state index contributed by atoms with van der Waals surface area (Å²) >= 11 is 6.62. The average Bonchev–Trinajstić information content (AvgIpc) is 2.87. The van der Waals surface area contributed by atoms with Crippen LogP contribution >= 0.6 is 11.6 Å². The molecule has 1 saturated heterocycles.